The largest absolute Gasteiger partial charge is 0.475 e. The Morgan fingerprint density at radius 1 is 0.920 bits per heavy atom. The van der Waals surface area contributed by atoms with Gasteiger partial charge in [0, 0.05) is 55.0 Å². The number of aliphatic hydroxyl groups excluding tert-OH is 1. The van der Waals surface area contributed by atoms with E-state index < -0.39 is 70.9 Å². The molecule has 2 bridgehead atoms. The van der Waals surface area contributed by atoms with Gasteiger partial charge in [0.25, 0.3) is 5.88 Å². The Hall–Kier alpha value is -7.78. The molecule has 6 atom stereocenters. The number of nitrogens with one attached hydrogen (secondary N) is 1. The SMILES string of the molecule is CC(C)[C@@H](C(=O)N1C[C@H](O)C[C@H]1C(=O)N[C@@H](C)c1ccc(-c2c(F)cccc2F)cc1)c1cc(OCC2CCN(CCOc3nc(N4CC5CCC(C4)N5C(=O)OC(C)(C)C)c4cc(Cl)c(-c5ccc(F)c6sc(N)c(C#N)c56)c(F)c4n3)CC2)no1. The Labute approximate surface area is 509 Å². The number of benzene rings is 4. The second-order valence-corrected chi connectivity index (χ2v) is 25.7. The highest BCUT2D eigenvalue weighted by Crippen LogP contribution is 2.47. The molecule has 18 nitrogen and oxygen atoms in total. The van der Waals surface area contributed by atoms with Crippen LogP contribution in [-0.4, -0.2) is 135 Å². The van der Waals surface area contributed by atoms with Gasteiger partial charge in [-0.15, -0.1) is 11.3 Å². The summed E-state index contributed by atoms with van der Waals surface area (Å²) in [6.45, 7) is 14.0. The van der Waals surface area contributed by atoms with E-state index in [1.165, 1.54) is 35.2 Å². The number of likely N-dealkylation sites (tertiary alicyclic amines) is 2. The first kappa shape index (κ1) is 60.9. The first-order valence-electron chi connectivity index (χ1n) is 29.2. The number of carbonyl (C=O) groups excluding carboxylic acids is 3. The Morgan fingerprint density at radius 2 is 1.62 bits per heavy atom. The van der Waals surface area contributed by atoms with Crippen molar-refractivity contribution < 1.29 is 55.8 Å². The second-order valence-electron chi connectivity index (χ2n) is 24.3. The third-order valence-electron chi connectivity index (χ3n) is 16.9. The topological polar surface area (TPSA) is 226 Å². The molecule has 0 radical (unpaired) electrons. The van der Waals surface area contributed by atoms with Crippen molar-refractivity contribution in [2.75, 3.05) is 63.1 Å². The molecule has 7 heterocycles. The molecular weight excluding hydrogens is 1170 g/mol. The average molecular weight is 1240 g/mol. The summed E-state index contributed by atoms with van der Waals surface area (Å²) < 4.78 is 85.6. The summed E-state index contributed by atoms with van der Waals surface area (Å²) in [5.41, 5.74) is 6.34. The van der Waals surface area contributed by atoms with Gasteiger partial charge in [-0.2, -0.15) is 15.2 Å². The fourth-order valence-electron chi connectivity index (χ4n) is 12.6. The third kappa shape index (κ3) is 12.4. The molecule has 0 saturated carbocycles. The number of carbonyl (C=O) groups is 3. The van der Waals surface area contributed by atoms with Gasteiger partial charge in [-0.1, -0.05) is 61.8 Å². The number of ether oxygens (including phenoxy) is 3. The van der Waals surface area contributed by atoms with Crippen LogP contribution in [0.15, 0.2) is 71.3 Å². The van der Waals surface area contributed by atoms with E-state index in [1.54, 1.807) is 48.2 Å². The molecule has 24 heteroatoms. The molecule has 0 spiro atoms. The number of aliphatic hydroxyl groups is 1. The number of fused-ring (bicyclic) bond motifs is 4. The van der Waals surface area contributed by atoms with Crippen LogP contribution < -0.4 is 25.4 Å². The minimum Gasteiger partial charge on any atom is -0.475 e. The van der Waals surface area contributed by atoms with Gasteiger partial charge in [0.2, 0.25) is 11.8 Å². The lowest BCUT2D eigenvalue weighted by Crippen LogP contribution is -2.57. The maximum Gasteiger partial charge on any atom is 0.410 e. The van der Waals surface area contributed by atoms with Crippen LogP contribution >= 0.6 is 22.9 Å². The van der Waals surface area contributed by atoms with E-state index in [4.69, 9.17) is 41.1 Å². The first-order chi connectivity index (χ1) is 41.5. The van der Waals surface area contributed by atoms with Crippen molar-refractivity contribution in [3.63, 3.8) is 0 Å². The minimum absolute atomic E-state index is 0.0116. The summed E-state index contributed by atoms with van der Waals surface area (Å²) >= 11 is 7.89. The van der Waals surface area contributed by atoms with E-state index in [-0.39, 0.29) is 109 Å². The van der Waals surface area contributed by atoms with Crippen LogP contribution in [0.1, 0.15) is 102 Å². The molecule has 4 saturated heterocycles. The second kappa shape index (κ2) is 24.8. The van der Waals surface area contributed by atoms with Gasteiger partial charge in [0.05, 0.1) is 51.7 Å². The van der Waals surface area contributed by atoms with Gasteiger partial charge in [-0.3, -0.25) is 19.4 Å². The molecule has 87 heavy (non-hydrogen) atoms. The number of rotatable bonds is 16. The number of nitrogens with zero attached hydrogens (tertiary/aromatic N) is 8. The van der Waals surface area contributed by atoms with Crippen LogP contribution in [0.4, 0.5) is 33.2 Å². The maximum absolute atomic E-state index is 17.5. The Balaban J connectivity index is 0.724. The van der Waals surface area contributed by atoms with Crippen molar-refractivity contribution in [3.05, 3.63) is 112 Å². The molecular formula is C63H67ClF4N10O8S. The van der Waals surface area contributed by atoms with Crippen molar-refractivity contribution in [1.82, 2.24) is 35.1 Å². The summed E-state index contributed by atoms with van der Waals surface area (Å²) in [4.78, 5) is 58.6. The van der Waals surface area contributed by atoms with Gasteiger partial charge in [0.1, 0.15) is 64.0 Å². The van der Waals surface area contributed by atoms with Gasteiger partial charge in [-0.25, -0.2) is 22.4 Å². The quantitative estimate of drug-likeness (QED) is 0.0765. The molecule has 4 aliphatic rings. The van der Waals surface area contributed by atoms with E-state index in [2.05, 4.69) is 20.4 Å². The van der Waals surface area contributed by atoms with E-state index in [0.29, 0.717) is 61.7 Å². The number of piperidine rings is 1. The summed E-state index contributed by atoms with van der Waals surface area (Å²) in [5.74, 6) is -3.83. The molecule has 2 unspecified atom stereocenters. The van der Waals surface area contributed by atoms with Crippen LogP contribution in [-0.2, 0) is 14.3 Å². The van der Waals surface area contributed by atoms with E-state index in [1.807, 2.05) is 45.6 Å². The van der Waals surface area contributed by atoms with Crippen LogP contribution in [0.3, 0.4) is 0 Å². The Bertz CT molecular complexity index is 3780. The predicted molar refractivity (Wildman–Crippen MR) is 320 cm³/mol. The zero-order valence-corrected chi connectivity index (χ0v) is 50.5. The highest BCUT2D eigenvalue weighted by molar-refractivity contribution is 7.23. The zero-order chi connectivity index (χ0) is 61.7. The molecule has 11 rings (SSSR count). The third-order valence-corrected chi connectivity index (χ3v) is 18.2. The van der Waals surface area contributed by atoms with Crippen LogP contribution in [0.25, 0.3) is 43.2 Å². The number of nitrogen functional groups attached to an aromatic ring is 1. The Kier molecular flexibility index (Phi) is 17.3. The average Bonchev–Trinajstić information content (AvgIpc) is 2.30. The highest BCUT2D eigenvalue weighted by atomic mass is 35.5. The fraction of sp³-hybridized carbons (Fsp3) is 0.444. The number of aromatic nitrogens is 3. The number of amides is 3. The lowest BCUT2D eigenvalue weighted by Gasteiger charge is -2.42. The zero-order valence-electron chi connectivity index (χ0n) is 48.9. The van der Waals surface area contributed by atoms with Gasteiger partial charge < -0.3 is 44.7 Å². The molecule has 3 aromatic heterocycles. The maximum atomic E-state index is 17.5. The molecule has 0 aliphatic carbocycles. The monoisotopic (exact) mass is 1230 g/mol. The van der Waals surface area contributed by atoms with E-state index in [0.717, 1.165) is 37.0 Å². The number of hydrogen-bond acceptors (Lipinski definition) is 16. The van der Waals surface area contributed by atoms with E-state index >= 15 is 8.78 Å². The van der Waals surface area contributed by atoms with Crippen molar-refractivity contribution in [1.29, 1.82) is 5.26 Å². The number of hydrogen-bond donors (Lipinski definition) is 3. The van der Waals surface area contributed by atoms with Crippen molar-refractivity contribution in [2.24, 2.45) is 11.8 Å². The van der Waals surface area contributed by atoms with Crippen molar-refractivity contribution >= 4 is 72.7 Å². The fourth-order valence-corrected chi connectivity index (χ4v) is 13.8. The van der Waals surface area contributed by atoms with Crippen molar-refractivity contribution in [3.8, 4) is 40.2 Å². The summed E-state index contributed by atoms with van der Waals surface area (Å²) in [6.07, 6.45) is 1.70. The number of piperazine rings is 1. The molecule has 458 valence electrons. The summed E-state index contributed by atoms with van der Waals surface area (Å²) in [7, 11) is 0. The molecule has 4 fully saturated rings. The van der Waals surface area contributed by atoms with Gasteiger partial charge in [0.15, 0.2) is 11.6 Å². The molecule has 4 N–H and O–H groups in total. The number of halogens is 5. The summed E-state index contributed by atoms with van der Waals surface area (Å²) in [6, 6.07) is 15.9. The lowest BCUT2D eigenvalue weighted by atomic mass is 9.91. The molecule has 3 amide bonds. The smallest absolute Gasteiger partial charge is 0.410 e. The minimum atomic E-state index is -0.978. The molecule has 4 aromatic carbocycles. The summed E-state index contributed by atoms with van der Waals surface area (Å²) in [5, 5.41) is 28.5. The van der Waals surface area contributed by atoms with Crippen LogP contribution in [0, 0.1) is 46.4 Å². The normalized spacial score (nSPS) is 19.9. The number of anilines is 2. The lowest BCUT2D eigenvalue weighted by molar-refractivity contribution is -0.141. The van der Waals surface area contributed by atoms with Gasteiger partial charge in [-0.05, 0) is 124 Å². The number of nitrogens with two attached hydrogens (primary N) is 1. The number of β-amino-alcohol motifs (C(OH)–C–C–N with tert-alkyl or cyclic N) is 1. The Morgan fingerprint density at radius 3 is 2.29 bits per heavy atom. The van der Waals surface area contributed by atoms with E-state index in [9.17, 15) is 33.5 Å². The van der Waals surface area contributed by atoms with Crippen LogP contribution in [0.2, 0.25) is 5.02 Å². The molecule has 4 aliphatic heterocycles. The van der Waals surface area contributed by atoms with Crippen molar-refractivity contribution in [2.45, 2.75) is 115 Å². The first-order valence-corrected chi connectivity index (χ1v) is 30.4. The predicted octanol–water partition coefficient (Wildman–Crippen LogP) is 11.2. The standard InChI is InChI=1S/C63H67ClF4N10O8S/c1-32(2)50(60(81)77-30-39(79)24-47(77)59(80)71-33(3)35-10-12-36(13-11-35)51-44(65)8-7-9-45(51)66)48-26-49(74-86-48)84-31-34-18-20-75(21-19-34)22-23-83-61-72-55-41(58(73-61)76-28-37-14-15-38(29-76)78(37)62(82)85-63(4,5)6)25-43(64)53(54(55)68)40-16-17-46(67)56-52(40)42(27-69)57(70)87-56/h7-13,16-17,25-26,32-34,37-39,47,50,79H,14-15,18-24,28-31,70H2,1-6H3,(H,71,80)/t33-,37?,38?,39+,47-,50+/m0/s1. The van der Waals surface area contributed by atoms with Crippen LogP contribution in [0.5, 0.6) is 11.9 Å². The number of thiophene rings is 1. The highest BCUT2D eigenvalue weighted by Gasteiger charge is 2.46. The number of nitriles is 1. The molecule has 7 aromatic rings. The van der Waals surface area contributed by atoms with Gasteiger partial charge >= 0.3 is 12.1 Å².